The topological polar surface area (TPSA) is 67.6 Å². The van der Waals surface area contributed by atoms with Crippen LogP contribution in [-0.4, -0.2) is 50.8 Å². The average molecular weight is 316 g/mol. The highest BCUT2D eigenvalue weighted by Gasteiger charge is 2.30. The Balaban J connectivity index is 4.31. The van der Waals surface area contributed by atoms with Gasteiger partial charge in [0.05, 0.1) is 6.61 Å². The van der Waals surface area contributed by atoms with E-state index in [9.17, 15) is 4.79 Å². The van der Waals surface area contributed by atoms with Crippen LogP contribution in [-0.2, 0) is 4.74 Å². The first kappa shape index (κ1) is 21.2. The van der Waals surface area contributed by atoms with E-state index in [4.69, 9.17) is 10.5 Å². The summed E-state index contributed by atoms with van der Waals surface area (Å²) in [6, 6.07) is 0. The molecule has 1 amide bonds. The summed E-state index contributed by atoms with van der Waals surface area (Å²) in [5.74, 6) is 0.347. The fourth-order valence-corrected chi connectivity index (χ4v) is 2.20. The third-order valence-electron chi connectivity index (χ3n) is 3.75. The summed E-state index contributed by atoms with van der Waals surface area (Å²) in [6.45, 7) is 16.5. The largest absolute Gasteiger partial charge is 0.449 e. The van der Waals surface area contributed by atoms with Crippen molar-refractivity contribution in [2.45, 2.75) is 48.0 Å². The molecule has 0 radical (unpaired) electrons. The van der Waals surface area contributed by atoms with Crippen LogP contribution in [0.15, 0.2) is 0 Å². The van der Waals surface area contributed by atoms with Crippen molar-refractivity contribution in [1.82, 2.24) is 10.2 Å². The number of nitrogens with zero attached hydrogens (tertiary/aromatic N) is 1. The SMILES string of the molecule is CN(CCNCCN)C(=O)OCC(CC(C)(C)C)C(C)(C)C. The Morgan fingerprint density at radius 3 is 2.23 bits per heavy atom. The fraction of sp³-hybridized carbons (Fsp3) is 0.941. The van der Waals surface area contributed by atoms with Crippen molar-refractivity contribution in [2.24, 2.45) is 22.5 Å². The number of amides is 1. The predicted molar refractivity (Wildman–Crippen MR) is 92.9 cm³/mol. The highest BCUT2D eigenvalue weighted by Crippen LogP contribution is 2.36. The number of ether oxygens (including phenoxy) is 1. The molecule has 0 fully saturated rings. The molecule has 0 aromatic carbocycles. The Hall–Kier alpha value is -0.810. The van der Waals surface area contributed by atoms with E-state index in [1.54, 1.807) is 11.9 Å². The van der Waals surface area contributed by atoms with Crippen LogP contribution in [0, 0.1) is 16.7 Å². The molecule has 1 unspecified atom stereocenters. The van der Waals surface area contributed by atoms with Crippen molar-refractivity contribution in [2.75, 3.05) is 39.8 Å². The Morgan fingerprint density at radius 1 is 1.18 bits per heavy atom. The first-order valence-electron chi connectivity index (χ1n) is 8.26. The highest BCUT2D eigenvalue weighted by molar-refractivity contribution is 5.67. The standard InChI is InChI=1S/C17H37N3O2/c1-16(2,3)12-14(17(4,5)6)13-22-15(21)20(7)11-10-19-9-8-18/h14,19H,8-13,18H2,1-7H3. The van der Waals surface area contributed by atoms with Gasteiger partial charge in [0.2, 0.25) is 0 Å². The molecule has 0 aromatic heterocycles. The number of nitrogens with two attached hydrogens (primary N) is 1. The van der Waals surface area contributed by atoms with Gasteiger partial charge < -0.3 is 20.7 Å². The van der Waals surface area contributed by atoms with Crippen LogP contribution in [0.3, 0.4) is 0 Å². The number of nitrogens with one attached hydrogen (secondary N) is 1. The second-order valence-corrected chi connectivity index (χ2v) is 8.36. The van der Waals surface area contributed by atoms with E-state index in [0.29, 0.717) is 25.6 Å². The number of likely N-dealkylation sites (N-methyl/N-ethyl adjacent to an activating group) is 1. The van der Waals surface area contributed by atoms with E-state index in [1.165, 1.54) is 0 Å². The quantitative estimate of drug-likeness (QED) is 0.676. The van der Waals surface area contributed by atoms with Gasteiger partial charge in [-0.3, -0.25) is 0 Å². The zero-order chi connectivity index (χ0) is 17.4. The van der Waals surface area contributed by atoms with Crippen LogP contribution in [0.2, 0.25) is 0 Å². The van der Waals surface area contributed by atoms with E-state index in [1.807, 2.05) is 0 Å². The fourth-order valence-electron chi connectivity index (χ4n) is 2.20. The third kappa shape index (κ3) is 10.0. The minimum atomic E-state index is -0.252. The second kappa shape index (κ2) is 9.36. The van der Waals surface area contributed by atoms with Gasteiger partial charge in [0.25, 0.3) is 0 Å². The van der Waals surface area contributed by atoms with Gasteiger partial charge in [-0.1, -0.05) is 41.5 Å². The summed E-state index contributed by atoms with van der Waals surface area (Å²) < 4.78 is 5.53. The van der Waals surface area contributed by atoms with E-state index < -0.39 is 0 Å². The lowest BCUT2D eigenvalue weighted by Gasteiger charge is -2.35. The first-order chi connectivity index (χ1) is 9.97. The summed E-state index contributed by atoms with van der Waals surface area (Å²) in [6.07, 6.45) is 0.781. The molecule has 0 saturated heterocycles. The van der Waals surface area contributed by atoms with Crippen molar-refractivity contribution in [1.29, 1.82) is 0 Å². The Labute approximate surface area is 137 Å². The van der Waals surface area contributed by atoms with Gasteiger partial charge in [-0.2, -0.15) is 0 Å². The van der Waals surface area contributed by atoms with Gasteiger partial charge in [-0.05, 0) is 23.2 Å². The molecule has 0 aromatic rings. The first-order valence-corrected chi connectivity index (χ1v) is 8.26. The lowest BCUT2D eigenvalue weighted by atomic mass is 9.72. The van der Waals surface area contributed by atoms with Crippen LogP contribution in [0.1, 0.15) is 48.0 Å². The van der Waals surface area contributed by atoms with Crippen LogP contribution < -0.4 is 11.1 Å². The molecule has 0 spiro atoms. The number of carbonyl (C=O) groups excluding carboxylic acids is 1. The normalized spacial score (nSPS) is 13.8. The minimum Gasteiger partial charge on any atom is -0.449 e. The zero-order valence-electron chi connectivity index (χ0n) is 15.7. The molecule has 0 aliphatic rings. The number of rotatable bonds is 8. The molecule has 132 valence electrons. The van der Waals surface area contributed by atoms with E-state index >= 15 is 0 Å². The predicted octanol–water partition coefficient (Wildman–Crippen LogP) is 2.70. The Morgan fingerprint density at radius 2 is 1.77 bits per heavy atom. The summed E-state index contributed by atoms with van der Waals surface area (Å²) in [5.41, 5.74) is 5.75. The monoisotopic (exact) mass is 315 g/mol. The smallest absolute Gasteiger partial charge is 0.409 e. The summed E-state index contributed by atoms with van der Waals surface area (Å²) in [5, 5.41) is 3.17. The summed E-state index contributed by atoms with van der Waals surface area (Å²) >= 11 is 0. The lowest BCUT2D eigenvalue weighted by molar-refractivity contribution is 0.0500. The molecule has 1 atom stereocenters. The number of hydrogen-bond acceptors (Lipinski definition) is 4. The molecule has 0 heterocycles. The molecule has 3 N–H and O–H groups in total. The molecule has 0 saturated carbocycles. The third-order valence-corrected chi connectivity index (χ3v) is 3.75. The number of hydrogen-bond donors (Lipinski definition) is 2. The maximum absolute atomic E-state index is 12.1. The highest BCUT2D eigenvalue weighted by atomic mass is 16.6. The second-order valence-electron chi connectivity index (χ2n) is 8.36. The maximum atomic E-state index is 12.1. The van der Waals surface area contributed by atoms with Gasteiger partial charge in [-0.25, -0.2) is 4.79 Å². The lowest BCUT2D eigenvalue weighted by Crippen LogP contribution is -2.37. The molecule has 22 heavy (non-hydrogen) atoms. The van der Waals surface area contributed by atoms with Crippen LogP contribution >= 0.6 is 0 Å². The van der Waals surface area contributed by atoms with Crippen molar-refractivity contribution in [3.05, 3.63) is 0 Å². The summed E-state index contributed by atoms with van der Waals surface area (Å²) in [7, 11) is 1.77. The van der Waals surface area contributed by atoms with Crippen LogP contribution in [0.25, 0.3) is 0 Å². The van der Waals surface area contributed by atoms with Gasteiger partial charge >= 0.3 is 6.09 Å². The van der Waals surface area contributed by atoms with E-state index in [0.717, 1.165) is 19.5 Å². The molecular weight excluding hydrogens is 278 g/mol. The molecule has 5 nitrogen and oxygen atoms in total. The molecular formula is C17H37N3O2. The van der Waals surface area contributed by atoms with Crippen LogP contribution in [0.4, 0.5) is 4.79 Å². The van der Waals surface area contributed by atoms with Crippen molar-refractivity contribution in [3.8, 4) is 0 Å². The molecule has 0 rings (SSSR count). The van der Waals surface area contributed by atoms with Gasteiger partial charge in [0.15, 0.2) is 0 Å². The summed E-state index contributed by atoms with van der Waals surface area (Å²) in [4.78, 5) is 13.7. The van der Waals surface area contributed by atoms with Gasteiger partial charge in [-0.15, -0.1) is 0 Å². The number of carbonyl (C=O) groups is 1. The maximum Gasteiger partial charge on any atom is 0.409 e. The van der Waals surface area contributed by atoms with Gasteiger partial charge in [0.1, 0.15) is 0 Å². The molecule has 5 heteroatoms. The minimum absolute atomic E-state index is 0.120. The van der Waals surface area contributed by atoms with E-state index in [-0.39, 0.29) is 16.9 Å². The Kier molecular flexibility index (Phi) is 9.01. The molecule has 0 aliphatic carbocycles. The molecule has 0 bridgehead atoms. The zero-order valence-corrected chi connectivity index (χ0v) is 15.7. The van der Waals surface area contributed by atoms with Crippen molar-refractivity contribution in [3.63, 3.8) is 0 Å². The van der Waals surface area contributed by atoms with E-state index in [2.05, 4.69) is 46.9 Å². The van der Waals surface area contributed by atoms with Crippen LogP contribution in [0.5, 0.6) is 0 Å². The average Bonchev–Trinajstić information content (AvgIpc) is 2.36. The molecule has 0 aliphatic heterocycles. The van der Waals surface area contributed by atoms with Gasteiger partial charge in [0, 0.05) is 33.2 Å². The van der Waals surface area contributed by atoms with Crippen molar-refractivity contribution >= 4 is 6.09 Å². The Bertz CT molecular complexity index is 319. The van der Waals surface area contributed by atoms with Crippen molar-refractivity contribution < 1.29 is 9.53 Å².